The lowest BCUT2D eigenvalue weighted by molar-refractivity contribution is 0.544. The van der Waals surface area contributed by atoms with Gasteiger partial charge in [-0.2, -0.15) is 0 Å². The molecule has 0 saturated heterocycles. The van der Waals surface area contributed by atoms with Crippen LogP contribution >= 0.6 is 23.8 Å². The molecule has 1 rings (SSSR count). The van der Waals surface area contributed by atoms with Gasteiger partial charge in [-0.1, -0.05) is 30.7 Å². The summed E-state index contributed by atoms with van der Waals surface area (Å²) in [5, 5.41) is -0.0425. The van der Waals surface area contributed by atoms with Crippen molar-refractivity contribution in [1.82, 2.24) is 4.72 Å². The Kier molecular flexibility index (Phi) is 5.66. The minimum absolute atomic E-state index is 0.0425. The van der Waals surface area contributed by atoms with Crippen LogP contribution in [0.3, 0.4) is 0 Å². The molecule has 1 atom stereocenters. The normalized spacial score (nSPS) is 13.2. The number of sulfonamides is 1. The van der Waals surface area contributed by atoms with E-state index in [0.717, 1.165) is 12.1 Å². The minimum atomic E-state index is -3.91. The van der Waals surface area contributed by atoms with E-state index in [0.29, 0.717) is 6.42 Å². The minimum Gasteiger partial charge on any atom is -0.393 e. The molecule has 0 aliphatic heterocycles. The molecule has 0 bridgehead atoms. The second-order valence-electron chi connectivity index (χ2n) is 3.97. The Morgan fingerprint density at radius 1 is 1.58 bits per heavy atom. The molecule has 1 aromatic carbocycles. The van der Waals surface area contributed by atoms with Gasteiger partial charge in [-0.3, -0.25) is 0 Å². The van der Waals surface area contributed by atoms with Crippen molar-refractivity contribution in [2.45, 2.75) is 30.7 Å². The molecule has 8 heteroatoms. The number of nitrogens with two attached hydrogens (primary N) is 1. The fourth-order valence-electron chi connectivity index (χ4n) is 1.48. The predicted molar refractivity (Wildman–Crippen MR) is 77.2 cm³/mol. The van der Waals surface area contributed by atoms with Gasteiger partial charge in [-0.15, -0.1) is 0 Å². The van der Waals surface area contributed by atoms with Gasteiger partial charge in [-0.25, -0.2) is 17.5 Å². The van der Waals surface area contributed by atoms with Gasteiger partial charge >= 0.3 is 0 Å². The Morgan fingerprint density at radius 3 is 2.74 bits per heavy atom. The van der Waals surface area contributed by atoms with Crippen molar-refractivity contribution in [3.05, 3.63) is 29.0 Å². The highest BCUT2D eigenvalue weighted by atomic mass is 35.5. The molecule has 0 spiro atoms. The van der Waals surface area contributed by atoms with Gasteiger partial charge in [0.05, 0.1) is 10.0 Å². The maximum Gasteiger partial charge on any atom is 0.242 e. The average Bonchev–Trinajstić information content (AvgIpc) is 2.30. The number of halogens is 2. The smallest absolute Gasteiger partial charge is 0.242 e. The molecule has 19 heavy (non-hydrogen) atoms. The van der Waals surface area contributed by atoms with E-state index in [9.17, 15) is 12.8 Å². The number of hydrogen-bond donors (Lipinski definition) is 2. The highest BCUT2D eigenvalue weighted by Crippen LogP contribution is 2.22. The summed E-state index contributed by atoms with van der Waals surface area (Å²) in [5.74, 6) is -0.674. The molecular weight excluding hydrogens is 311 g/mol. The van der Waals surface area contributed by atoms with Crippen LogP contribution in [0.4, 0.5) is 4.39 Å². The molecule has 0 aliphatic carbocycles. The molecule has 3 N–H and O–H groups in total. The number of benzene rings is 1. The molecule has 0 saturated carbocycles. The van der Waals surface area contributed by atoms with Gasteiger partial charge in [-0.05, 0) is 24.6 Å². The van der Waals surface area contributed by atoms with Crippen molar-refractivity contribution in [3.8, 4) is 0 Å². The van der Waals surface area contributed by atoms with Crippen LogP contribution in [0.5, 0.6) is 0 Å². The topological polar surface area (TPSA) is 72.2 Å². The van der Waals surface area contributed by atoms with E-state index in [4.69, 9.17) is 29.6 Å². The summed E-state index contributed by atoms with van der Waals surface area (Å²) in [6, 6.07) is 2.72. The van der Waals surface area contributed by atoms with Gasteiger partial charge in [0.1, 0.15) is 10.7 Å². The monoisotopic (exact) mass is 324 g/mol. The third kappa shape index (κ3) is 4.68. The molecule has 0 aromatic heterocycles. The summed E-state index contributed by atoms with van der Waals surface area (Å²) in [6.45, 7) is 1.79. The Morgan fingerprint density at radius 2 is 2.21 bits per heavy atom. The first-order chi connectivity index (χ1) is 8.76. The number of nitrogens with one attached hydrogen (secondary N) is 1. The highest BCUT2D eigenvalue weighted by molar-refractivity contribution is 7.89. The fourth-order valence-corrected chi connectivity index (χ4v) is 3.51. The van der Waals surface area contributed by atoms with E-state index in [-0.39, 0.29) is 21.3 Å². The summed E-state index contributed by atoms with van der Waals surface area (Å²) in [7, 11) is -3.91. The molecule has 0 fully saturated rings. The number of hydrogen-bond acceptors (Lipinski definition) is 3. The third-order valence-corrected chi connectivity index (χ3v) is 4.61. The van der Waals surface area contributed by atoms with Crippen LogP contribution in [0.15, 0.2) is 23.1 Å². The zero-order valence-electron chi connectivity index (χ0n) is 10.2. The average molecular weight is 325 g/mol. The second-order valence-corrected chi connectivity index (χ2v) is 6.59. The molecule has 106 valence electrons. The van der Waals surface area contributed by atoms with E-state index < -0.39 is 21.9 Å². The van der Waals surface area contributed by atoms with E-state index in [1.807, 2.05) is 0 Å². The highest BCUT2D eigenvalue weighted by Gasteiger charge is 2.22. The Hall–Kier alpha value is -0.760. The lowest BCUT2D eigenvalue weighted by Crippen LogP contribution is -2.37. The van der Waals surface area contributed by atoms with Crippen LogP contribution < -0.4 is 10.5 Å². The van der Waals surface area contributed by atoms with Crippen molar-refractivity contribution >= 4 is 38.8 Å². The largest absolute Gasteiger partial charge is 0.393 e. The van der Waals surface area contributed by atoms with Crippen LogP contribution in [0.25, 0.3) is 0 Å². The van der Waals surface area contributed by atoms with Gasteiger partial charge in [0.15, 0.2) is 0 Å². The molecule has 0 amide bonds. The first kappa shape index (κ1) is 16.3. The van der Waals surface area contributed by atoms with Gasteiger partial charge in [0.25, 0.3) is 0 Å². The Balaban J connectivity index is 3.03. The quantitative estimate of drug-likeness (QED) is 0.787. The van der Waals surface area contributed by atoms with E-state index in [1.54, 1.807) is 6.92 Å². The van der Waals surface area contributed by atoms with E-state index >= 15 is 0 Å². The van der Waals surface area contributed by atoms with Crippen molar-refractivity contribution in [2.24, 2.45) is 5.73 Å². The SMILES string of the molecule is CCC(CC(N)=S)NS(=O)(=O)c1cc(F)ccc1Cl. The fraction of sp³-hybridized carbons (Fsp3) is 0.364. The summed E-state index contributed by atoms with van der Waals surface area (Å²) in [5.41, 5.74) is 5.39. The van der Waals surface area contributed by atoms with Crippen molar-refractivity contribution in [1.29, 1.82) is 0 Å². The first-order valence-corrected chi connectivity index (χ1v) is 7.79. The second kappa shape index (κ2) is 6.60. The molecule has 1 aromatic rings. The van der Waals surface area contributed by atoms with Crippen molar-refractivity contribution < 1.29 is 12.8 Å². The Bertz CT molecular complexity index is 578. The molecule has 4 nitrogen and oxygen atoms in total. The predicted octanol–water partition coefficient (Wildman–Crippen LogP) is 2.21. The summed E-state index contributed by atoms with van der Waals surface area (Å²) in [6.07, 6.45) is 0.738. The van der Waals surface area contributed by atoms with Gasteiger partial charge in [0.2, 0.25) is 10.0 Å². The van der Waals surface area contributed by atoms with Crippen molar-refractivity contribution in [3.63, 3.8) is 0 Å². The first-order valence-electron chi connectivity index (χ1n) is 5.52. The lowest BCUT2D eigenvalue weighted by atomic mass is 10.2. The molecule has 0 radical (unpaired) electrons. The van der Waals surface area contributed by atoms with Gasteiger partial charge in [0, 0.05) is 12.5 Å². The summed E-state index contributed by atoms with van der Waals surface area (Å²) in [4.78, 5) is -0.0876. The van der Waals surface area contributed by atoms with E-state index in [2.05, 4.69) is 4.72 Å². The maximum absolute atomic E-state index is 13.1. The number of thiocarbonyl (C=S) groups is 1. The van der Waals surface area contributed by atoms with Crippen LogP contribution in [0.2, 0.25) is 5.02 Å². The maximum atomic E-state index is 13.1. The molecule has 0 heterocycles. The molecule has 0 aliphatic rings. The zero-order valence-corrected chi connectivity index (χ0v) is 12.6. The summed E-state index contributed by atoms with van der Waals surface area (Å²) >= 11 is 10.5. The van der Waals surface area contributed by atoms with Crippen LogP contribution in [0, 0.1) is 5.82 Å². The third-order valence-electron chi connectivity index (χ3n) is 2.44. The van der Waals surface area contributed by atoms with Crippen LogP contribution in [0.1, 0.15) is 19.8 Å². The lowest BCUT2D eigenvalue weighted by Gasteiger charge is -2.17. The zero-order chi connectivity index (χ0) is 14.6. The number of rotatable bonds is 6. The standard InChI is InChI=1S/C11H14ClFN2O2S2/c1-2-8(6-11(14)18)15-19(16,17)10-5-7(13)3-4-9(10)12/h3-5,8,15H,2,6H2,1H3,(H2,14,18). The summed E-state index contributed by atoms with van der Waals surface area (Å²) < 4.78 is 39.7. The van der Waals surface area contributed by atoms with Crippen LogP contribution in [-0.2, 0) is 10.0 Å². The Labute approximate surface area is 122 Å². The van der Waals surface area contributed by atoms with E-state index in [1.165, 1.54) is 6.07 Å². The molecular formula is C11H14ClFN2O2S2. The van der Waals surface area contributed by atoms with Crippen molar-refractivity contribution in [2.75, 3.05) is 0 Å². The van der Waals surface area contributed by atoms with Crippen LogP contribution in [-0.4, -0.2) is 19.4 Å². The molecule has 1 unspecified atom stereocenters. The van der Waals surface area contributed by atoms with Gasteiger partial charge < -0.3 is 5.73 Å².